The number of anilines is 1. The molecule has 0 bridgehead atoms. The second kappa shape index (κ2) is 5.51. The van der Waals surface area contributed by atoms with Crippen molar-refractivity contribution in [3.05, 3.63) is 29.3 Å². The molecule has 1 aliphatic heterocycles. The molecule has 0 aromatic heterocycles. The van der Waals surface area contributed by atoms with Crippen LogP contribution in [0.2, 0.25) is 0 Å². The second-order valence-corrected chi connectivity index (χ2v) is 6.03. The Kier molecular flexibility index (Phi) is 3.76. The molecule has 2 atom stereocenters. The zero-order valence-corrected chi connectivity index (χ0v) is 11.7. The van der Waals surface area contributed by atoms with E-state index in [1.165, 1.54) is 29.7 Å². The van der Waals surface area contributed by atoms with Crippen LogP contribution in [0.5, 0.6) is 0 Å². The maximum Gasteiger partial charge on any atom is 0.0555 e. The van der Waals surface area contributed by atoms with Gasteiger partial charge in [0.2, 0.25) is 0 Å². The van der Waals surface area contributed by atoms with Crippen LogP contribution in [0.15, 0.2) is 18.2 Å². The van der Waals surface area contributed by atoms with E-state index in [1.807, 2.05) is 0 Å². The van der Waals surface area contributed by atoms with Gasteiger partial charge in [-0.1, -0.05) is 12.1 Å². The fourth-order valence-electron chi connectivity index (χ4n) is 3.34. The van der Waals surface area contributed by atoms with Crippen molar-refractivity contribution in [1.82, 2.24) is 5.32 Å². The number of aliphatic hydroxyl groups is 1. The van der Waals surface area contributed by atoms with Crippen molar-refractivity contribution < 1.29 is 5.11 Å². The van der Waals surface area contributed by atoms with Crippen molar-refractivity contribution >= 4 is 5.69 Å². The molecular formula is C16H24N2O. The van der Waals surface area contributed by atoms with Gasteiger partial charge in [-0.05, 0) is 49.3 Å². The fourth-order valence-corrected chi connectivity index (χ4v) is 3.34. The van der Waals surface area contributed by atoms with Gasteiger partial charge in [0, 0.05) is 31.9 Å². The van der Waals surface area contributed by atoms with E-state index in [-0.39, 0.29) is 6.10 Å². The highest BCUT2D eigenvalue weighted by molar-refractivity contribution is 5.58. The van der Waals surface area contributed by atoms with Crippen molar-refractivity contribution in [1.29, 1.82) is 0 Å². The maximum atomic E-state index is 9.69. The Morgan fingerprint density at radius 2 is 2.26 bits per heavy atom. The van der Waals surface area contributed by atoms with E-state index in [0.29, 0.717) is 6.04 Å². The van der Waals surface area contributed by atoms with Crippen LogP contribution in [0.4, 0.5) is 5.69 Å². The number of benzene rings is 1. The van der Waals surface area contributed by atoms with Crippen LogP contribution in [-0.2, 0) is 13.0 Å². The van der Waals surface area contributed by atoms with Gasteiger partial charge in [0.15, 0.2) is 0 Å². The molecule has 1 saturated carbocycles. The lowest BCUT2D eigenvalue weighted by atomic mass is 9.93. The van der Waals surface area contributed by atoms with Crippen LogP contribution in [-0.4, -0.2) is 30.8 Å². The van der Waals surface area contributed by atoms with Gasteiger partial charge in [-0.2, -0.15) is 0 Å². The number of rotatable bonds is 3. The van der Waals surface area contributed by atoms with Gasteiger partial charge < -0.3 is 15.3 Å². The Morgan fingerprint density at radius 3 is 3.11 bits per heavy atom. The van der Waals surface area contributed by atoms with E-state index in [9.17, 15) is 5.11 Å². The molecule has 1 aromatic rings. The Labute approximate surface area is 115 Å². The van der Waals surface area contributed by atoms with Gasteiger partial charge in [0.1, 0.15) is 0 Å². The van der Waals surface area contributed by atoms with E-state index < -0.39 is 0 Å². The number of aliphatic hydroxyl groups excluding tert-OH is 1. The Balaban J connectivity index is 1.58. The van der Waals surface area contributed by atoms with Crippen molar-refractivity contribution in [2.24, 2.45) is 0 Å². The summed E-state index contributed by atoms with van der Waals surface area (Å²) in [6.45, 7) is 2.06. The molecule has 0 saturated heterocycles. The van der Waals surface area contributed by atoms with Crippen LogP contribution >= 0.6 is 0 Å². The van der Waals surface area contributed by atoms with Gasteiger partial charge in [0.25, 0.3) is 0 Å². The Bertz CT molecular complexity index is 446. The van der Waals surface area contributed by atoms with Crippen LogP contribution in [0.3, 0.4) is 0 Å². The molecule has 104 valence electrons. The van der Waals surface area contributed by atoms with Gasteiger partial charge in [-0.15, -0.1) is 0 Å². The quantitative estimate of drug-likeness (QED) is 0.873. The molecular weight excluding hydrogens is 236 g/mol. The van der Waals surface area contributed by atoms with E-state index in [0.717, 1.165) is 32.4 Å². The largest absolute Gasteiger partial charge is 0.393 e. The van der Waals surface area contributed by atoms with Crippen molar-refractivity contribution in [2.75, 3.05) is 18.5 Å². The predicted octanol–water partition coefficient (Wildman–Crippen LogP) is 2.07. The highest BCUT2D eigenvalue weighted by Crippen LogP contribution is 2.27. The molecule has 1 fully saturated rings. The third-order valence-corrected chi connectivity index (χ3v) is 4.51. The average molecular weight is 260 g/mol. The monoisotopic (exact) mass is 260 g/mol. The summed E-state index contributed by atoms with van der Waals surface area (Å²) >= 11 is 0. The minimum Gasteiger partial charge on any atom is -0.393 e. The molecule has 1 aromatic carbocycles. The molecule has 0 amide bonds. The topological polar surface area (TPSA) is 35.5 Å². The van der Waals surface area contributed by atoms with Crippen LogP contribution < -0.4 is 10.2 Å². The molecule has 1 heterocycles. The van der Waals surface area contributed by atoms with Crippen molar-refractivity contribution in [2.45, 2.75) is 50.8 Å². The van der Waals surface area contributed by atoms with Gasteiger partial charge in [0.05, 0.1) is 6.10 Å². The number of hydrogen-bond acceptors (Lipinski definition) is 3. The first-order valence-corrected chi connectivity index (χ1v) is 7.47. The summed E-state index contributed by atoms with van der Waals surface area (Å²) in [5.74, 6) is 0. The minimum absolute atomic E-state index is 0.0973. The zero-order valence-electron chi connectivity index (χ0n) is 11.7. The maximum absolute atomic E-state index is 9.69. The smallest absolute Gasteiger partial charge is 0.0555 e. The standard InChI is InChI=1S/C16H24N2O/c1-18-8-7-13-9-12(5-6-16(13)18)11-17-14-3-2-4-15(19)10-14/h5-6,9,14-15,17,19H,2-4,7-8,10-11H2,1H3. The summed E-state index contributed by atoms with van der Waals surface area (Å²) < 4.78 is 0. The first kappa shape index (κ1) is 12.9. The van der Waals surface area contributed by atoms with Gasteiger partial charge >= 0.3 is 0 Å². The predicted molar refractivity (Wildman–Crippen MR) is 78.5 cm³/mol. The summed E-state index contributed by atoms with van der Waals surface area (Å²) in [6.07, 6.45) is 5.30. The summed E-state index contributed by atoms with van der Waals surface area (Å²) in [7, 11) is 2.16. The lowest BCUT2D eigenvalue weighted by molar-refractivity contribution is 0.111. The summed E-state index contributed by atoms with van der Waals surface area (Å²) in [4.78, 5) is 2.32. The second-order valence-electron chi connectivity index (χ2n) is 6.03. The molecule has 0 radical (unpaired) electrons. The van der Waals surface area contributed by atoms with Crippen LogP contribution in [0, 0.1) is 0 Å². The molecule has 1 aliphatic carbocycles. The van der Waals surface area contributed by atoms with Crippen LogP contribution in [0.25, 0.3) is 0 Å². The fraction of sp³-hybridized carbons (Fsp3) is 0.625. The van der Waals surface area contributed by atoms with Crippen molar-refractivity contribution in [3.8, 4) is 0 Å². The Morgan fingerprint density at radius 1 is 1.37 bits per heavy atom. The third kappa shape index (κ3) is 2.93. The summed E-state index contributed by atoms with van der Waals surface area (Å²) in [5, 5.41) is 13.3. The molecule has 2 unspecified atom stereocenters. The zero-order chi connectivity index (χ0) is 13.2. The minimum atomic E-state index is -0.0973. The lowest BCUT2D eigenvalue weighted by Gasteiger charge is -2.26. The molecule has 0 spiro atoms. The van der Waals surface area contributed by atoms with Crippen LogP contribution in [0.1, 0.15) is 36.8 Å². The number of fused-ring (bicyclic) bond motifs is 1. The van der Waals surface area contributed by atoms with E-state index >= 15 is 0 Å². The molecule has 3 rings (SSSR count). The number of hydrogen-bond donors (Lipinski definition) is 2. The van der Waals surface area contributed by atoms with Gasteiger partial charge in [-0.25, -0.2) is 0 Å². The molecule has 3 heteroatoms. The summed E-state index contributed by atoms with van der Waals surface area (Å²) in [5.41, 5.74) is 4.23. The Hall–Kier alpha value is -1.06. The van der Waals surface area contributed by atoms with E-state index in [4.69, 9.17) is 0 Å². The number of nitrogens with one attached hydrogen (secondary N) is 1. The highest BCUT2D eigenvalue weighted by Gasteiger charge is 2.20. The summed E-state index contributed by atoms with van der Waals surface area (Å²) in [6, 6.07) is 7.30. The third-order valence-electron chi connectivity index (χ3n) is 4.51. The van der Waals surface area contributed by atoms with E-state index in [2.05, 4.69) is 35.5 Å². The molecule has 2 N–H and O–H groups in total. The number of nitrogens with zero attached hydrogens (tertiary/aromatic N) is 1. The molecule has 3 nitrogen and oxygen atoms in total. The SMILES string of the molecule is CN1CCc2cc(CNC3CCCC(O)C3)ccc21. The molecule has 19 heavy (non-hydrogen) atoms. The number of likely N-dealkylation sites (N-methyl/N-ethyl adjacent to an activating group) is 1. The highest BCUT2D eigenvalue weighted by atomic mass is 16.3. The van der Waals surface area contributed by atoms with E-state index in [1.54, 1.807) is 0 Å². The lowest BCUT2D eigenvalue weighted by Crippen LogP contribution is -2.35. The molecule has 2 aliphatic rings. The van der Waals surface area contributed by atoms with Crippen molar-refractivity contribution in [3.63, 3.8) is 0 Å². The van der Waals surface area contributed by atoms with Gasteiger partial charge in [-0.3, -0.25) is 0 Å². The first-order chi connectivity index (χ1) is 9.22. The average Bonchev–Trinajstić information content (AvgIpc) is 2.78. The first-order valence-electron chi connectivity index (χ1n) is 7.47. The normalized spacial score (nSPS) is 26.5.